The summed E-state index contributed by atoms with van der Waals surface area (Å²) >= 11 is 0. The van der Waals surface area contributed by atoms with E-state index in [4.69, 9.17) is 0 Å². The summed E-state index contributed by atoms with van der Waals surface area (Å²) < 4.78 is 0. The van der Waals surface area contributed by atoms with Gasteiger partial charge in [-0.3, -0.25) is 14.9 Å². The summed E-state index contributed by atoms with van der Waals surface area (Å²) in [6.45, 7) is 4.76. The molecule has 19 heavy (non-hydrogen) atoms. The number of hydrogen-bond donors (Lipinski definition) is 1. The van der Waals surface area contributed by atoms with E-state index in [0.717, 1.165) is 26.1 Å². The molecular formula is C13H17N3O3. The summed E-state index contributed by atoms with van der Waals surface area (Å²) in [5, 5.41) is 14.0. The molecule has 0 aromatic heterocycles. The third-order valence-electron chi connectivity index (χ3n) is 3.27. The predicted octanol–water partition coefficient (Wildman–Crippen LogP) is 1.34. The van der Waals surface area contributed by atoms with Gasteiger partial charge in [0, 0.05) is 36.8 Å². The lowest BCUT2D eigenvalue weighted by Crippen LogP contribution is -2.34. The molecule has 0 aliphatic carbocycles. The molecule has 1 heterocycles. The van der Waals surface area contributed by atoms with Gasteiger partial charge in [-0.05, 0) is 32.0 Å². The maximum atomic E-state index is 12.3. The second kappa shape index (κ2) is 5.79. The Kier molecular flexibility index (Phi) is 4.11. The molecule has 1 N–H and O–H groups in total. The number of amides is 1. The van der Waals surface area contributed by atoms with Crippen LogP contribution in [0, 0.1) is 17.0 Å². The second-order valence-electron chi connectivity index (χ2n) is 4.65. The molecule has 1 aromatic carbocycles. The summed E-state index contributed by atoms with van der Waals surface area (Å²) in [4.78, 5) is 24.4. The number of aryl methyl sites for hydroxylation is 1. The second-order valence-corrected chi connectivity index (χ2v) is 4.65. The van der Waals surface area contributed by atoms with Crippen molar-refractivity contribution in [2.45, 2.75) is 13.3 Å². The number of hydrogen-bond acceptors (Lipinski definition) is 4. The Labute approximate surface area is 111 Å². The summed E-state index contributed by atoms with van der Waals surface area (Å²) in [6, 6.07) is 4.53. The summed E-state index contributed by atoms with van der Waals surface area (Å²) in [6.07, 6.45) is 0.928. The van der Waals surface area contributed by atoms with Crippen molar-refractivity contribution in [3.05, 3.63) is 39.4 Å². The SMILES string of the molecule is Cc1cc(C(=O)N2CCCNCC2)ccc1[N+](=O)[O-]. The molecule has 0 atom stereocenters. The third kappa shape index (κ3) is 3.08. The molecule has 0 bridgehead atoms. The lowest BCUT2D eigenvalue weighted by Gasteiger charge is -2.20. The largest absolute Gasteiger partial charge is 0.337 e. The number of carbonyl (C=O) groups excluding carboxylic acids is 1. The van der Waals surface area contributed by atoms with E-state index < -0.39 is 4.92 Å². The number of rotatable bonds is 2. The highest BCUT2D eigenvalue weighted by atomic mass is 16.6. The maximum Gasteiger partial charge on any atom is 0.272 e. The zero-order chi connectivity index (χ0) is 13.8. The van der Waals surface area contributed by atoms with Crippen LogP contribution in [-0.2, 0) is 0 Å². The molecule has 1 fully saturated rings. The van der Waals surface area contributed by atoms with Crippen LogP contribution in [-0.4, -0.2) is 41.9 Å². The van der Waals surface area contributed by atoms with E-state index in [1.807, 2.05) is 0 Å². The summed E-state index contributed by atoms with van der Waals surface area (Å²) in [5.41, 5.74) is 1.09. The van der Waals surface area contributed by atoms with Gasteiger partial charge in [0.1, 0.15) is 0 Å². The van der Waals surface area contributed by atoms with Gasteiger partial charge in [0.15, 0.2) is 0 Å². The summed E-state index contributed by atoms with van der Waals surface area (Å²) in [7, 11) is 0. The van der Waals surface area contributed by atoms with Crippen molar-refractivity contribution >= 4 is 11.6 Å². The molecule has 2 rings (SSSR count). The number of benzene rings is 1. The highest BCUT2D eigenvalue weighted by molar-refractivity contribution is 5.94. The van der Waals surface area contributed by atoms with Crippen molar-refractivity contribution in [3.63, 3.8) is 0 Å². The fraction of sp³-hybridized carbons (Fsp3) is 0.462. The van der Waals surface area contributed by atoms with Crippen molar-refractivity contribution in [1.29, 1.82) is 0 Å². The van der Waals surface area contributed by atoms with E-state index >= 15 is 0 Å². The first-order valence-electron chi connectivity index (χ1n) is 6.34. The average molecular weight is 263 g/mol. The Bertz CT molecular complexity index is 494. The van der Waals surface area contributed by atoms with Gasteiger partial charge in [-0.1, -0.05) is 0 Å². The smallest absolute Gasteiger partial charge is 0.272 e. The third-order valence-corrected chi connectivity index (χ3v) is 3.27. The van der Waals surface area contributed by atoms with Gasteiger partial charge in [-0.15, -0.1) is 0 Å². The van der Waals surface area contributed by atoms with Gasteiger partial charge < -0.3 is 10.2 Å². The number of nitrogens with one attached hydrogen (secondary N) is 1. The first-order valence-corrected chi connectivity index (χ1v) is 6.34. The first kappa shape index (κ1) is 13.5. The molecule has 0 unspecified atom stereocenters. The average Bonchev–Trinajstić information content (AvgIpc) is 2.66. The molecule has 1 aliphatic rings. The van der Waals surface area contributed by atoms with Crippen LogP contribution in [0.1, 0.15) is 22.3 Å². The van der Waals surface area contributed by atoms with Gasteiger partial charge in [0.05, 0.1) is 4.92 Å². The van der Waals surface area contributed by atoms with Crippen LogP contribution in [0.4, 0.5) is 5.69 Å². The Hall–Kier alpha value is -1.95. The maximum absolute atomic E-state index is 12.3. The van der Waals surface area contributed by atoms with E-state index in [1.54, 1.807) is 17.9 Å². The molecule has 1 aliphatic heterocycles. The van der Waals surface area contributed by atoms with Gasteiger partial charge in [0.25, 0.3) is 11.6 Å². The first-order chi connectivity index (χ1) is 9.09. The van der Waals surface area contributed by atoms with Crippen molar-refractivity contribution in [1.82, 2.24) is 10.2 Å². The molecule has 6 heteroatoms. The number of nitrogens with zero attached hydrogens (tertiary/aromatic N) is 2. The van der Waals surface area contributed by atoms with Crippen LogP contribution in [0.15, 0.2) is 18.2 Å². The lowest BCUT2D eigenvalue weighted by molar-refractivity contribution is -0.385. The standard InChI is InChI=1S/C13H17N3O3/c1-10-9-11(3-4-12(10)16(18)19)13(17)15-7-2-5-14-6-8-15/h3-4,9,14H,2,5-8H2,1H3. The normalized spacial score (nSPS) is 15.9. The predicted molar refractivity (Wildman–Crippen MR) is 71.2 cm³/mol. The Morgan fingerprint density at radius 3 is 2.84 bits per heavy atom. The van der Waals surface area contributed by atoms with Crippen LogP contribution in [0.25, 0.3) is 0 Å². The van der Waals surface area contributed by atoms with Gasteiger partial charge in [-0.2, -0.15) is 0 Å². The minimum atomic E-state index is -0.431. The van der Waals surface area contributed by atoms with Gasteiger partial charge in [0.2, 0.25) is 0 Å². The number of nitro groups is 1. The zero-order valence-corrected chi connectivity index (χ0v) is 10.9. The van der Waals surface area contributed by atoms with Crippen molar-refractivity contribution in [3.8, 4) is 0 Å². The highest BCUT2D eigenvalue weighted by Crippen LogP contribution is 2.19. The highest BCUT2D eigenvalue weighted by Gasteiger charge is 2.19. The van der Waals surface area contributed by atoms with Crippen molar-refractivity contribution in [2.75, 3.05) is 26.2 Å². The van der Waals surface area contributed by atoms with E-state index in [0.29, 0.717) is 17.7 Å². The Morgan fingerprint density at radius 2 is 2.16 bits per heavy atom. The minimum Gasteiger partial charge on any atom is -0.337 e. The Balaban J connectivity index is 2.19. The van der Waals surface area contributed by atoms with E-state index in [2.05, 4.69) is 5.32 Å². The van der Waals surface area contributed by atoms with Crippen LogP contribution >= 0.6 is 0 Å². The van der Waals surface area contributed by atoms with Crippen LogP contribution in [0.5, 0.6) is 0 Å². The number of carbonyl (C=O) groups is 1. The summed E-state index contributed by atoms with van der Waals surface area (Å²) in [5.74, 6) is -0.0540. The lowest BCUT2D eigenvalue weighted by atomic mass is 10.1. The van der Waals surface area contributed by atoms with E-state index in [-0.39, 0.29) is 11.6 Å². The fourth-order valence-corrected chi connectivity index (χ4v) is 2.22. The monoisotopic (exact) mass is 263 g/mol. The zero-order valence-electron chi connectivity index (χ0n) is 10.9. The van der Waals surface area contributed by atoms with Gasteiger partial charge in [-0.25, -0.2) is 0 Å². The molecule has 6 nitrogen and oxygen atoms in total. The quantitative estimate of drug-likeness (QED) is 0.645. The van der Waals surface area contributed by atoms with Crippen LogP contribution < -0.4 is 5.32 Å². The molecular weight excluding hydrogens is 246 g/mol. The topological polar surface area (TPSA) is 75.5 Å². The molecule has 0 saturated carbocycles. The number of nitro benzene ring substituents is 1. The molecule has 1 amide bonds. The molecule has 102 valence electrons. The van der Waals surface area contributed by atoms with E-state index in [9.17, 15) is 14.9 Å². The van der Waals surface area contributed by atoms with Crippen LogP contribution in [0.2, 0.25) is 0 Å². The van der Waals surface area contributed by atoms with Crippen molar-refractivity contribution in [2.24, 2.45) is 0 Å². The molecule has 1 aromatic rings. The minimum absolute atomic E-state index is 0.0501. The molecule has 0 spiro atoms. The molecule has 1 saturated heterocycles. The van der Waals surface area contributed by atoms with Gasteiger partial charge >= 0.3 is 0 Å². The Morgan fingerprint density at radius 1 is 1.37 bits per heavy atom. The fourth-order valence-electron chi connectivity index (χ4n) is 2.22. The van der Waals surface area contributed by atoms with Crippen LogP contribution in [0.3, 0.4) is 0 Å². The van der Waals surface area contributed by atoms with E-state index in [1.165, 1.54) is 12.1 Å². The van der Waals surface area contributed by atoms with Crippen molar-refractivity contribution < 1.29 is 9.72 Å². The molecule has 0 radical (unpaired) electrons.